The molecule has 2 aromatic heterocycles. The summed E-state index contributed by atoms with van der Waals surface area (Å²) in [7, 11) is 4.27. The Morgan fingerprint density at radius 3 is 2.77 bits per heavy atom. The number of nitrogens with zero attached hydrogens (tertiary/aromatic N) is 1. The summed E-state index contributed by atoms with van der Waals surface area (Å²) in [5, 5.41) is 5.00. The number of aromatic nitrogens is 1. The monoisotopic (exact) mass is 427 g/mol. The summed E-state index contributed by atoms with van der Waals surface area (Å²) in [6.07, 6.45) is 3.63. The molecule has 30 heavy (non-hydrogen) atoms. The largest absolute Gasteiger partial charge is 0.467 e. The molecule has 3 rings (SSSR count). The molecule has 0 saturated carbocycles. The number of aromatic amines is 1. The SMILES string of the molecule is CCc1ccc2[nH]c(=O)c(CN(Cc3ccco3)C(=S)NCCC[NH+](C)C)cc2c1. The number of thiocarbonyl (C=S) groups is 1. The van der Waals surface area contributed by atoms with Crippen molar-refractivity contribution in [2.24, 2.45) is 0 Å². The van der Waals surface area contributed by atoms with Crippen LogP contribution in [0.3, 0.4) is 0 Å². The molecule has 0 bridgehead atoms. The summed E-state index contributed by atoms with van der Waals surface area (Å²) in [5.74, 6) is 0.808. The molecule has 6 nitrogen and oxygen atoms in total. The summed E-state index contributed by atoms with van der Waals surface area (Å²) in [5.41, 5.74) is 2.69. The number of aryl methyl sites for hydroxylation is 1. The van der Waals surface area contributed by atoms with Crippen molar-refractivity contribution in [1.82, 2.24) is 15.2 Å². The highest BCUT2D eigenvalue weighted by Gasteiger charge is 2.15. The van der Waals surface area contributed by atoms with Gasteiger partial charge in [-0.05, 0) is 59.9 Å². The van der Waals surface area contributed by atoms with Crippen molar-refractivity contribution >= 4 is 28.2 Å². The third-order valence-corrected chi connectivity index (χ3v) is 5.50. The molecule has 0 radical (unpaired) electrons. The highest BCUT2D eigenvalue weighted by atomic mass is 32.1. The topological polar surface area (TPSA) is 65.7 Å². The Morgan fingerprint density at radius 2 is 2.07 bits per heavy atom. The van der Waals surface area contributed by atoms with Crippen LogP contribution in [0.1, 0.15) is 30.2 Å². The quantitative estimate of drug-likeness (QED) is 0.361. The molecule has 2 heterocycles. The summed E-state index contributed by atoms with van der Waals surface area (Å²) in [6, 6.07) is 11.9. The highest BCUT2D eigenvalue weighted by Crippen LogP contribution is 2.16. The molecule has 0 saturated heterocycles. The molecule has 3 aromatic rings. The van der Waals surface area contributed by atoms with Gasteiger partial charge in [-0.2, -0.15) is 0 Å². The van der Waals surface area contributed by atoms with Crippen LogP contribution in [0, 0.1) is 0 Å². The lowest BCUT2D eigenvalue weighted by molar-refractivity contribution is -0.858. The van der Waals surface area contributed by atoms with Crippen molar-refractivity contribution in [3.8, 4) is 0 Å². The van der Waals surface area contributed by atoms with E-state index in [0.29, 0.717) is 23.8 Å². The predicted octanol–water partition coefficient (Wildman–Crippen LogP) is 2.09. The van der Waals surface area contributed by atoms with Gasteiger partial charge in [0.15, 0.2) is 5.11 Å². The first-order valence-corrected chi connectivity index (χ1v) is 10.9. The maximum absolute atomic E-state index is 12.7. The molecule has 0 atom stereocenters. The van der Waals surface area contributed by atoms with Gasteiger partial charge in [-0.1, -0.05) is 13.0 Å². The number of pyridine rings is 1. The molecule has 7 heteroatoms. The van der Waals surface area contributed by atoms with Gasteiger partial charge < -0.3 is 24.5 Å². The Kier molecular flexibility index (Phi) is 7.65. The van der Waals surface area contributed by atoms with Gasteiger partial charge in [0.25, 0.3) is 5.56 Å². The fourth-order valence-corrected chi connectivity index (χ4v) is 3.61. The third-order valence-electron chi connectivity index (χ3n) is 5.10. The minimum Gasteiger partial charge on any atom is -0.467 e. The Morgan fingerprint density at radius 1 is 1.23 bits per heavy atom. The maximum Gasteiger partial charge on any atom is 0.253 e. The first-order valence-electron chi connectivity index (χ1n) is 10.4. The molecule has 3 N–H and O–H groups in total. The van der Waals surface area contributed by atoms with Crippen LogP contribution >= 0.6 is 12.2 Å². The maximum atomic E-state index is 12.7. The van der Waals surface area contributed by atoms with Crippen LogP contribution in [-0.4, -0.2) is 42.2 Å². The smallest absolute Gasteiger partial charge is 0.253 e. The van der Waals surface area contributed by atoms with Crippen molar-refractivity contribution in [3.05, 3.63) is 69.9 Å². The minimum absolute atomic E-state index is 0.0878. The van der Waals surface area contributed by atoms with Crippen molar-refractivity contribution in [2.75, 3.05) is 27.2 Å². The Balaban J connectivity index is 1.80. The molecular weight excluding hydrogens is 396 g/mol. The van der Waals surface area contributed by atoms with Gasteiger partial charge in [0.05, 0.1) is 40.0 Å². The van der Waals surface area contributed by atoms with Crippen LogP contribution in [0.2, 0.25) is 0 Å². The van der Waals surface area contributed by atoms with Gasteiger partial charge in [0.1, 0.15) is 5.76 Å². The fraction of sp³-hybridized carbons (Fsp3) is 0.391. The van der Waals surface area contributed by atoms with E-state index in [-0.39, 0.29) is 5.56 Å². The molecule has 0 fully saturated rings. The van der Waals surface area contributed by atoms with Crippen LogP contribution < -0.4 is 15.8 Å². The van der Waals surface area contributed by atoms with E-state index in [2.05, 4.69) is 43.5 Å². The van der Waals surface area contributed by atoms with Crippen molar-refractivity contribution in [1.29, 1.82) is 0 Å². The van der Waals surface area contributed by atoms with E-state index in [1.54, 1.807) is 6.26 Å². The number of benzene rings is 1. The van der Waals surface area contributed by atoms with Crippen molar-refractivity contribution in [2.45, 2.75) is 32.9 Å². The van der Waals surface area contributed by atoms with E-state index in [1.807, 2.05) is 29.2 Å². The lowest BCUT2D eigenvalue weighted by atomic mass is 10.1. The lowest BCUT2D eigenvalue weighted by Gasteiger charge is -2.25. The zero-order chi connectivity index (χ0) is 21.5. The molecule has 0 amide bonds. The summed E-state index contributed by atoms with van der Waals surface area (Å²) >= 11 is 5.66. The summed E-state index contributed by atoms with van der Waals surface area (Å²) < 4.78 is 5.52. The number of nitrogens with one attached hydrogen (secondary N) is 3. The number of fused-ring (bicyclic) bond motifs is 1. The van der Waals surface area contributed by atoms with Crippen LogP contribution in [0.15, 0.2) is 51.9 Å². The van der Waals surface area contributed by atoms with Gasteiger partial charge in [0, 0.05) is 24.0 Å². The number of rotatable bonds is 9. The Hall–Kier alpha value is -2.64. The van der Waals surface area contributed by atoms with E-state index in [9.17, 15) is 4.79 Å². The summed E-state index contributed by atoms with van der Waals surface area (Å²) in [6.45, 7) is 4.91. The molecule has 0 aliphatic heterocycles. The Bertz CT molecular complexity index is 1030. The van der Waals surface area contributed by atoms with E-state index < -0.39 is 0 Å². The van der Waals surface area contributed by atoms with Gasteiger partial charge in [-0.15, -0.1) is 0 Å². The average Bonchev–Trinajstić information content (AvgIpc) is 3.23. The number of furan rings is 1. The standard InChI is InChI=1S/C23H30N4O2S/c1-4-17-8-9-21-18(13-17)14-19(22(28)25-21)15-27(16-20-7-5-12-29-20)23(30)24-10-6-11-26(2)3/h5,7-9,12-14H,4,6,10-11,15-16H2,1-3H3,(H,24,30)(H,25,28)/p+1. The van der Waals surface area contributed by atoms with Crippen molar-refractivity contribution in [3.63, 3.8) is 0 Å². The average molecular weight is 428 g/mol. The lowest BCUT2D eigenvalue weighted by Crippen LogP contribution is -3.05. The Labute approximate surface area is 182 Å². The molecular formula is C23H31N4O2S+. The second-order valence-corrected chi connectivity index (χ2v) is 8.26. The van der Waals surface area contributed by atoms with E-state index in [4.69, 9.17) is 16.6 Å². The highest BCUT2D eigenvalue weighted by molar-refractivity contribution is 7.80. The number of H-pyrrole nitrogens is 1. The van der Waals surface area contributed by atoms with Gasteiger partial charge in [-0.3, -0.25) is 4.79 Å². The number of hydrogen-bond donors (Lipinski definition) is 3. The van der Waals surface area contributed by atoms with E-state index in [1.165, 1.54) is 10.5 Å². The van der Waals surface area contributed by atoms with Gasteiger partial charge >= 0.3 is 0 Å². The number of hydrogen-bond acceptors (Lipinski definition) is 3. The van der Waals surface area contributed by atoms with E-state index in [0.717, 1.165) is 42.6 Å². The van der Waals surface area contributed by atoms with Crippen LogP contribution in [0.5, 0.6) is 0 Å². The molecule has 160 valence electrons. The molecule has 1 aromatic carbocycles. The second-order valence-electron chi connectivity index (χ2n) is 7.88. The fourth-order valence-electron chi connectivity index (χ4n) is 3.38. The molecule has 0 aliphatic rings. The minimum atomic E-state index is -0.0878. The van der Waals surface area contributed by atoms with Crippen LogP contribution in [-0.2, 0) is 19.5 Å². The predicted molar refractivity (Wildman–Crippen MR) is 125 cm³/mol. The normalized spacial score (nSPS) is 11.2. The number of quaternary nitrogens is 1. The first kappa shape index (κ1) is 22.1. The zero-order valence-corrected chi connectivity index (χ0v) is 18.8. The summed E-state index contributed by atoms with van der Waals surface area (Å²) in [4.78, 5) is 19.1. The van der Waals surface area contributed by atoms with Gasteiger partial charge in [0.2, 0.25) is 0 Å². The zero-order valence-electron chi connectivity index (χ0n) is 18.0. The van der Waals surface area contributed by atoms with E-state index >= 15 is 0 Å². The molecule has 0 aliphatic carbocycles. The second kappa shape index (κ2) is 10.4. The van der Waals surface area contributed by atoms with Crippen molar-refractivity contribution < 1.29 is 9.32 Å². The first-order chi connectivity index (χ1) is 14.5. The van der Waals surface area contributed by atoms with Crippen LogP contribution in [0.4, 0.5) is 0 Å². The molecule has 0 unspecified atom stereocenters. The third kappa shape index (κ3) is 5.93. The van der Waals surface area contributed by atoms with Gasteiger partial charge in [-0.25, -0.2) is 0 Å². The molecule has 0 spiro atoms. The van der Waals surface area contributed by atoms with Crippen LogP contribution in [0.25, 0.3) is 10.9 Å².